The van der Waals surface area contributed by atoms with E-state index in [-0.39, 0.29) is 6.10 Å². The van der Waals surface area contributed by atoms with Gasteiger partial charge in [0.1, 0.15) is 17.7 Å². The quantitative estimate of drug-likeness (QED) is 0.831. The van der Waals surface area contributed by atoms with Gasteiger partial charge in [-0.3, -0.25) is 4.98 Å². The number of nitrogens with one attached hydrogen (secondary N) is 2. The van der Waals surface area contributed by atoms with Crippen LogP contribution in [-0.2, 0) is 13.0 Å². The molecule has 0 spiro atoms. The first kappa shape index (κ1) is 16.4. The van der Waals surface area contributed by atoms with Gasteiger partial charge in [-0.1, -0.05) is 0 Å². The molecule has 0 aliphatic carbocycles. The molecule has 0 radical (unpaired) electrons. The van der Waals surface area contributed by atoms with E-state index in [4.69, 9.17) is 4.74 Å². The van der Waals surface area contributed by atoms with E-state index in [9.17, 15) is 0 Å². The Labute approximate surface area is 142 Å². The van der Waals surface area contributed by atoms with Crippen molar-refractivity contribution in [3.63, 3.8) is 0 Å². The Morgan fingerprint density at radius 2 is 2.25 bits per heavy atom. The molecule has 7 heteroatoms. The van der Waals surface area contributed by atoms with Gasteiger partial charge in [-0.15, -0.1) is 0 Å². The van der Waals surface area contributed by atoms with Crippen LogP contribution in [0.25, 0.3) is 0 Å². The second kappa shape index (κ2) is 7.44. The van der Waals surface area contributed by atoms with Gasteiger partial charge in [0.05, 0.1) is 18.4 Å². The van der Waals surface area contributed by atoms with Gasteiger partial charge in [0.2, 0.25) is 5.95 Å². The normalized spacial score (nSPS) is 14.6. The van der Waals surface area contributed by atoms with E-state index in [1.807, 2.05) is 38.1 Å². The minimum atomic E-state index is 0.00402. The largest absolute Gasteiger partial charge is 0.487 e. The number of anilines is 2. The third kappa shape index (κ3) is 3.91. The summed E-state index contributed by atoms with van der Waals surface area (Å²) in [5.74, 6) is 2.40. The maximum absolute atomic E-state index is 5.87. The predicted octanol–water partition coefficient (Wildman–Crippen LogP) is 1.46. The summed E-state index contributed by atoms with van der Waals surface area (Å²) in [5.41, 5.74) is 2.27. The minimum Gasteiger partial charge on any atom is -0.487 e. The molecule has 0 saturated carbocycles. The van der Waals surface area contributed by atoms with Gasteiger partial charge in [-0.25, -0.2) is 4.98 Å². The number of hydrogen-bond donors (Lipinski definition) is 2. The van der Waals surface area contributed by atoms with Crippen LogP contribution in [0.4, 0.5) is 11.8 Å². The molecule has 0 saturated heterocycles. The van der Waals surface area contributed by atoms with E-state index in [0.717, 1.165) is 42.7 Å². The molecule has 7 nitrogen and oxygen atoms in total. The van der Waals surface area contributed by atoms with Crippen LogP contribution in [0.3, 0.4) is 0 Å². The zero-order chi connectivity index (χ0) is 16.9. The second-order valence-corrected chi connectivity index (χ2v) is 6.12. The van der Waals surface area contributed by atoms with Crippen molar-refractivity contribution in [1.29, 1.82) is 0 Å². The number of ether oxygens (including phenoxy) is 1. The monoisotopic (exact) mass is 328 g/mol. The van der Waals surface area contributed by atoms with Crippen LogP contribution in [0, 0.1) is 0 Å². The number of pyridine rings is 1. The van der Waals surface area contributed by atoms with Crippen molar-refractivity contribution >= 4 is 11.8 Å². The van der Waals surface area contributed by atoms with E-state index >= 15 is 0 Å². The molecule has 0 amide bonds. The van der Waals surface area contributed by atoms with E-state index < -0.39 is 0 Å². The Kier molecular flexibility index (Phi) is 5.10. The third-order valence-corrected chi connectivity index (χ3v) is 3.85. The van der Waals surface area contributed by atoms with Crippen LogP contribution in [-0.4, -0.2) is 48.2 Å². The molecule has 1 aliphatic heterocycles. The lowest BCUT2D eigenvalue weighted by molar-refractivity contribution is 0.233. The molecule has 0 aromatic carbocycles. The fourth-order valence-electron chi connectivity index (χ4n) is 2.62. The van der Waals surface area contributed by atoms with Crippen molar-refractivity contribution in [3.8, 4) is 5.75 Å². The molecule has 24 heavy (non-hydrogen) atoms. The summed E-state index contributed by atoms with van der Waals surface area (Å²) in [7, 11) is 3.91. The predicted molar refractivity (Wildman–Crippen MR) is 94.6 cm³/mol. The summed E-state index contributed by atoms with van der Waals surface area (Å²) in [6, 6.07) is 3.78. The van der Waals surface area contributed by atoms with Crippen LogP contribution in [0.5, 0.6) is 5.75 Å². The highest BCUT2D eigenvalue weighted by Gasteiger charge is 2.18. The lowest BCUT2D eigenvalue weighted by Crippen LogP contribution is -2.29. The Balaban J connectivity index is 1.70. The molecule has 1 aliphatic rings. The van der Waals surface area contributed by atoms with Crippen LogP contribution in [0.2, 0.25) is 0 Å². The first-order chi connectivity index (χ1) is 11.6. The van der Waals surface area contributed by atoms with Crippen molar-refractivity contribution in [1.82, 2.24) is 20.3 Å². The molecule has 2 aromatic heterocycles. The molecular weight excluding hydrogens is 304 g/mol. The van der Waals surface area contributed by atoms with Gasteiger partial charge in [0.15, 0.2) is 0 Å². The molecule has 2 aromatic rings. The first-order valence-electron chi connectivity index (χ1n) is 8.22. The molecule has 2 N–H and O–H groups in total. The van der Waals surface area contributed by atoms with Crippen molar-refractivity contribution < 1.29 is 4.74 Å². The highest BCUT2D eigenvalue weighted by molar-refractivity contribution is 5.52. The standard InChI is InChI=1S/C17H24N6O/c1-12(24-13-5-4-7-18-10-13)9-20-16-14-6-8-19-11-15(14)21-17(22-16)23(2)3/h4-5,7,10,12,19H,6,8-9,11H2,1-3H3,(H,20,21,22). The Morgan fingerprint density at radius 3 is 3.00 bits per heavy atom. The summed E-state index contributed by atoms with van der Waals surface area (Å²) < 4.78 is 5.87. The number of rotatable bonds is 6. The zero-order valence-electron chi connectivity index (χ0n) is 14.4. The number of nitrogens with zero attached hydrogens (tertiary/aromatic N) is 4. The number of hydrogen-bond acceptors (Lipinski definition) is 7. The van der Waals surface area contributed by atoms with Gasteiger partial charge >= 0.3 is 0 Å². The average molecular weight is 328 g/mol. The van der Waals surface area contributed by atoms with Crippen molar-refractivity contribution in [2.24, 2.45) is 0 Å². The summed E-state index contributed by atoms with van der Waals surface area (Å²) in [4.78, 5) is 15.3. The maximum Gasteiger partial charge on any atom is 0.227 e. The van der Waals surface area contributed by atoms with E-state index in [1.165, 1.54) is 5.56 Å². The zero-order valence-corrected chi connectivity index (χ0v) is 14.4. The minimum absolute atomic E-state index is 0.00402. The lowest BCUT2D eigenvalue weighted by atomic mass is 10.1. The number of fused-ring (bicyclic) bond motifs is 1. The first-order valence-corrected chi connectivity index (χ1v) is 8.22. The van der Waals surface area contributed by atoms with Crippen molar-refractivity contribution in [2.75, 3.05) is 37.4 Å². The van der Waals surface area contributed by atoms with Gasteiger partial charge in [0.25, 0.3) is 0 Å². The summed E-state index contributed by atoms with van der Waals surface area (Å²) in [5, 5.41) is 6.80. The van der Waals surface area contributed by atoms with Gasteiger partial charge in [-0.05, 0) is 32.0 Å². The number of aromatic nitrogens is 3. The van der Waals surface area contributed by atoms with Gasteiger partial charge < -0.3 is 20.3 Å². The van der Waals surface area contributed by atoms with Crippen LogP contribution in [0.1, 0.15) is 18.2 Å². The van der Waals surface area contributed by atoms with Crippen LogP contribution in [0.15, 0.2) is 24.5 Å². The molecule has 0 bridgehead atoms. The Bertz CT molecular complexity index is 676. The lowest BCUT2D eigenvalue weighted by Gasteiger charge is -2.23. The fraction of sp³-hybridized carbons (Fsp3) is 0.471. The Morgan fingerprint density at radius 1 is 1.38 bits per heavy atom. The SMILES string of the molecule is CC(CNc1nc(N(C)C)nc2c1CCNC2)Oc1cccnc1. The Hall–Kier alpha value is -2.41. The fourth-order valence-corrected chi connectivity index (χ4v) is 2.62. The molecule has 3 rings (SSSR count). The molecular formula is C17H24N6O. The van der Waals surface area contributed by atoms with Gasteiger partial charge in [-0.2, -0.15) is 4.98 Å². The highest BCUT2D eigenvalue weighted by Crippen LogP contribution is 2.23. The average Bonchev–Trinajstić information content (AvgIpc) is 2.60. The highest BCUT2D eigenvalue weighted by atomic mass is 16.5. The smallest absolute Gasteiger partial charge is 0.227 e. The van der Waals surface area contributed by atoms with Crippen LogP contribution < -0.4 is 20.3 Å². The second-order valence-electron chi connectivity index (χ2n) is 6.12. The summed E-state index contributed by atoms with van der Waals surface area (Å²) in [6.45, 7) is 4.43. The van der Waals surface area contributed by atoms with Crippen molar-refractivity contribution in [3.05, 3.63) is 35.8 Å². The molecule has 128 valence electrons. The van der Waals surface area contributed by atoms with Crippen molar-refractivity contribution in [2.45, 2.75) is 26.0 Å². The van der Waals surface area contributed by atoms with Crippen LogP contribution >= 0.6 is 0 Å². The van der Waals surface area contributed by atoms with E-state index in [2.05, 4.69) is 25.6 Å². The molecule has 0 fully saturated rings. The summed E-state index contributed by atoms with van der Waals surface area (Å²) >= 11 is 0. The molecule has 1 atom stereocenters. The van der Waals surface area contributed by atoms with E-state index in [0.29, 0.717) is 6.54 Å². The maximum atomic E-state index is 5.87. The topological polar surface area (TPSA) is 75.2 Å². The summed E-state index contributed by atoms with van der Waals surface area (Å²) in [6.07, 6.45) is 4.39. The third-order valence-electron chi connectivity index (χ3n) is 3.85. The van der Waals surface area contributed by atoms with Gasteiger partial charge in [0, 0.05) is 32.4 Å². The molecule has 3 heterocycles. The molecule has 1 unspecified atom stereocenters. The van der Waals surface area contributed by atoms with E-state index in [1.54, 1.807) is 12.4 Å².